The third-order valence-electron chi connectivity index (χ3n) is 2.20. The van der Waals surface area contributed by atoms with E-state index in [-0.39, 0.29) is 12.3 Å². The molecule has 0 amide bonds. The lowest BCUT2D eigenvalue weighted by atomic mass is 10.1. The second kappa shape index (κ2) is 6.08. The molecule has 0 aromatic heterocycles. The molecular formula is C11H16ClNO2. The maximum atomic E-state index is 5.93. The van der Waals surface area contributed by atoms with Crippen LogP contribution in [0.2, 0.25) is 5.02 Å². The molecule has 0 aliphatic carbocycles. The Labute approximate surface area is 95.1 Å². The van der Waals surface area contributed by atoms with Crippen LogP contribution in [0.4, 0.5) is 0 Å². The monoisotopic (exact) mass is 229 g/mol. The number of hydrogen-bond acceptors (Lipinski definition) is 3. The minimum Gasteiger partial charge on any atom is -0.354 e. The summed E-state index contributed by atoms with van der Waals surface area (Å²) in [5.41, 5.74) is 7.04. The Morgan fingerprint density at radius 3 is 2.20 bits per heavy atom. The number of halogens is 1. The number of rotatable bonds is 5. The average Bonchev–Trinajstić information content (AvgIpc) is 2.23. The molecule has 1 unspecified atom stereocenters. The Morgan fingerprint density at radius 2 is 1.73 bits per heavy atom. The van der Waals surface area contributed by atoms with Crippen molar-refractivity contribution in [2.45, 2.75) is 18.8 Å². The van der Waals surface area contributed by atoms with Crippen molar-refractivity contribution < 1.29 is 9.47 Å². The SMILES string of the molecule is COC(OC)C(N)Cc1ccc(Cl)cc1. The van der Waals surface area contributed by atoms with Gasteiger partial charge in [0.1, 0.15) is 0 Å². The summed E-state index contributed by atoms with van der Waals surface area (Å²) in [7, 11) is 3.16. The summed E-state index contributed by atoms with van der Waals surface area (Å²) >= 11 is 5.78. The zero-order valence-electron chi connectivity index (χ0n) is 8.94. The van der Waals surface area contributed by atoms with E-state index in [0.717, 1.165) is 10.6 Å². The van der Waals surface area contributed by atoms with Crippen LogP contribution in [0, 0.1) is 0 Å². The minimum absolute atomic E-state index is 0.179. The van der Waals surface area contributed by atoms with Gasteiger partial charge in [0.2, 0.25) is 0 Å². The molecule has 4 heteroatoms. The van der Waals surface area contributed by atoms with Crippen molar-refractivity contribution in [2.24, 2.45) is 5.73 Å². The highest BCUT2D eigenvalue weighted by atomic mass is 35.5. The van der Waals surface area contributed by atoms with E-state index < -0.39 is 0 Å². The molecule has 3 nitrogen and oxygen atoms in total. The van der Waals surface area contributed by atoms with Gasteiger partial charge >= 0.3 is 0 Å². The first-order chi connectivity index (χ1) is 7.17. The quantitative estimate of drug-likeness (QED) is 0.784. The van der Waals surface area contributed by atoms with Crippen LogP contribution < -0.4 is 5.73 Å². The van der Waals surface area contributed by atoms with Gasteiger partial charge in [-0.15, -0.1) is 0 Å². The summed E-state index contributed by atoms with van der Waals surface area (Å²) < 4.78 is 10.2. The largest absolute Gasteiger partial charge is 0.354 e. The van der Waals surface area contributed by atoms with E-state index in [0.29, 0.717) is 6.42 Å². The number of methoxy groups -OCH3 is 2. The molecule has 1 aromatic rings. The van der Waals surface area contributed by atoms with Crippen molar-refractivity contribution in [1.29, 1.82) is 0 Å². The molecule has 0 aliphatic heterocycles. The molecule has 0 spiro atoms. The molecule has 15 heavy (non-hydrogen) atoms. The molecule has 0 bridgehead atoms. The van der Waals surface area contributed by atoms with Crippen molar-refractivity contribution in [1.82, 2.24) is 0 Å². The van der Waals surface area contributed by atoms with Crippen molar-refractivity contribution >= 4 is 11.6 Å². The highest BCUT2D eigenvalue weighted by molar-refractivity contribution is 6.30. The van der Waals surface area contributed by atoms with Crippen LogP contribution in [-0.2, 0) is 15.9 Å². The minimum atomic E-state index is -0.374. The summed E-state index contributed by atoms with van der Waals surface area (Å²) in [5.74, 6) is 0. The van der Waals surface area contributed by atoms with Crippen LogP contribution in [0.5, 0.6) is 0 Å². The van der Waals surface area contributed by atoms with Crippen LogP contribution in [0.15, 0.2) is 24.3 Å². The van der Waals surface area contributed by atoms with Gasteiger partial charge in [-0.3, -0.25) is 0 Å². The van der Waals surface area contributed by atoms with Crippen molar-refractivity contribution in [3.8, 4) is 0 Å². The van der Waals surface area contributed by atoms with Gasteiger partial charge in [0, 0.05) is 19.2 Å². The average molecular weight is 230 g/mol. The van der Waals surface area contributed by atoms with Crippen LogP contribution in [-0.4, -0.2) is 26.6 Å². The van der Waals surface area contributed by atoms with Gasteiger partial charge in [0.15, 0.2) is 6.29 Å². The second-order valence-corrected chi connectivity index (χ2v) is 3.77. The molecule has 0 saturated carbocycles. The van der Waals surface area contributed by atoms with E-state index in [1.54, 1.807) is 14.2 Å². The highest BCUT2D eigenvalue weighted by Crippen LogP contribution is 2.12. The van der Waals surface area contributed by atoms with Gasteiger partial charge < -0.3 is 15.2 Å². The molecular weight excluding hydrogens is 214 g/mol. The van der Waals surface area contributed by atoms with Crippen molar-refractivity contribution in [3.63, 3.8) is 0 Å². The highest BCUT2D eigenvalue weighted by Gasteiger charge is 2.16. The predicted octanol–water partition coefficient (Wildman–Crippen LogP) is 1.83. The topological polar surface area (TPSA) is 44.5 Å². The summed E-state index contributed by atoms with van der Waals surface area (Å²) in [6.45, 7) is 0. The molecule has 0 saturated heterocycles. The number of hydrogen-bond donors (Lipinski definition) is 1. The molecule has 1 aromatic carbocycles. The Hall–Kier alpha value is -0.610. The molecule has 84 valence electrons. The second-order valence-electron chi connectivity index (χ2n) is 3.33. The summed E-state index contributed by atoms with van der Waals surface area (Å²) in [6.07, 6.45) is 0.324. The maximum Gasteiger partial charge on any atom is 0.172 e. The normalized spacial score (nSPS) is 13.1. The maximum absolute atomic E-state index is 5.93. The molecule has 0 heterocycles. The predicted molar refractivity (Wildman–Crippen MR) is 60.9 cm³/mol. The van der Waals surface area contributed by atoms with E-state index in [2.05, 4.69) is 0 Å². The third-order valence-corrected chi connectivity index (χ3v) is 2.45. The zero-order valence-corrected chi connectivity index (χ0v) is 9.70. The summed E-state index contributed by atoms with van der Waals surface area (Å²) in [6, 6.07) is 7.41. The van der Waals surface area contributed by atoms with Gasteiger partial charge in [-0.1, -0.05) is 23.7 Å². The first-order valence-electron chi connectivity index (χ1n) is 4.73. The first kappa shape index (κ1) is 12.5. The zero-order chi connectivity index (χ0) is 11.3. The Bertz CT molecular complexity index is 285. The standard InChI is InChI=1S/C11H16ClNO2/c1-14-11(15-2)10(13)7-8-3-5-9(12)6-4-8/h3-6,10-11H,7,13H2,1-2H3. The Kier molecular flexibility index (Phi) is 5.05. The fraction of sp³-hybridized carbons (Fsp3) is 0.455. The lowest BCUT2D eigenvalue weighted by Gasteiger charge is -2.20. The van der Waals surface area contributed by atoms with E-state index in [1.165, 1.54) is 0 Å². The molecule has 2 N–H and O–H groups in total. The molecule has 0 radical (unpaired) electrons. The van der Waals surface area contributed by atoms with Gasteiger partial charge in [0.25, 0.3) is 0 Å². The molecule has 0 aliphatic rings. The van der Waals surface area contributed by atoms with Gasteiger partial charge in [-0.25, -0.2) is 0 Å². The lowest BCUT2D eigenvalue weighted by Crippen LogP contribution is -2.39. The first-order valence-corrected chi connectivity index (χ1v) is 5.10. The number of benzene rings is 1. The van der Waals surface area contributed by atoms with Crippen LogP contribution in [0.25, 0.3) is 0 Å². The molecule has 0 fully saturated rings. The van der Waals surface area contributed by atoms with Crippen LogP contribution in [0.1, 0.15) is 5.56 Å². The van der Waals surface area contributed by atoms with Gasteiger partial charge in [-0.05, 0) is 24.1 Å². The smallest absolute Gasteiger partial charge is 0.172 e. The van der Waals surface area contributed by atoms with Crippen molar-refractivity contribution in [3.05, 3.63) is 34.9 Å². The fourth-order valence-electron chi connectivity index (χ4n) is 1.43. The van der Waals surface area contributed by atoms with Crippen molar-refractivity contribution in [2.75, 3.05) is 14.2 Å². The summed E-state index contributed by atoms with van der Waals surface area (Å²) in [5, 5.41) is 0.724. The van der Waals surface area contributed by atoms with Gasteiger partial charge in [-0.2, -0.15) is 0 Å². The van der Waals surface area contributed by atoms with Crippen LogP contribution >= 0.6 is 11.6 Å². The van der Waals surface area contributed by atoms with E-state index in [1.807, 2.05) is 24.3 Å². The van der Waals surface area contributed by atoms with Crippen LogP contribution in [0.3, 0.4) is 0 Å². The van der Waals surface area contributed by atoms with E-state index in [9.17, 15) is 0 Å². The fourth-order valence-corrected chi connectivity index (χ4v) is 1.56. The Morgan fingerprint density at radius 1 is 1.20 bits per heavy atom. The van der Waals surface area contributed by atoms with E-state index in [4.69, 9.17) is 26.8 Å². The Balaban J connectivity index is 2.57. The summed E-state index contributed by atoms with van der Waals surface area (Å²) in [4.78, 5) is 0. The third kappa shape index (κ3) is 3.80. The number of nitrogens with two attached hydrogens (primary N) is 1. The van der Waals surface area contributed by atoms with E-state index >= 15 is 0 Å². The molecule has 1 rings (SSSR count). The molecule has 1 atom stereocenters. The number of ether oxygens (including phenoxy) is 2. The lowest BCUT2D eigenvalue weighted by molar-refractivity contribution is -0.115. The van der Waals surface area contributed by atoms with Gasteiger partial charge in [0.05, 0.1) is 6.04 Å².